The Bertz CT molecular complexity index is 325. The highest BCUT2D eigenvalue weighted by Gasteiger charge is 1.99. The Kier molecular flexibility index (Phi) is 4.63. The second-order valence-electron chi connectivity index (χ2n) is 3.17. The molecule has 0 bridgehead atoms. The number of ether oxygens (including phenoxy) is 1. The average molecular weight is 209 g/mol. The first-order valence-electron chi connectivity index (χ1n) is 4.78. The van der Waals surface area contributed by atoms with Gasteiger partial charge in [-0.05, 0) is 17.7 Å². The molecular formula is C11H15NO3. The van der Waals surface area contributed by atoms with Crippen LogP contribution >= 0.6 is 0 Å². The van der Waals surface area contributed by atoms with Crippen LogP contribution in [0.15, 0.2) is 24.3 Å². The van der Waals surface area contributed by atoms with Crippen molar-refractivity contribution in [2.24, 2.45) is 0 Å². The van der Waals surface area contributed by atoms with Gasteiger partial charge in [0.1, 0.15) is 5.75 Å². The molecule has 0 aromatic heterocycles. The van der Waals surface area contributed by atoms with Crippen LogP contribution in [0, 0.1) is 0 Å². The Morgan fingerprint density at radius 2 is 2.33 bits per heavy atom. The summed E-state index contributed by atoms with van der Waals surface area (Å²) in [5.74, 6) is 0.0284. The van der Waals surface area contributed by atoms with Crippen molar-refractivity contribution in [1.29, 1.82) is 0 Å². The highest BCUT2D eigenvalue weighted by molar-refractivity contribution is 5.69. The molecule has 1 aromatic rings. The monoisotopic (exact) mass is 209 g/mol. The maximum atomic E-state index is 10.8. The van der Waals surface area contributed by atoms with Gasteiger partial charge in [-0.1, -0.05) is 12.1 Å². The number of phenols is 1. The number of hydrogen-bond acceptors (Lipinski definition) is 4. The van der Waals surface area contributed by atoms with Gasteiger partial charge in [-0.15, -0.1) is 0 Å². The molecule has 2 N–H and O–H groups in total. The maximum Gasteiger partial charge on any atom is 0.306 e. The van der Waals surface area contributed by atoms with Crippen LogP contribution in [0.5, 0.6) is 5.75 Å². The molecule has 82 valence electrons. The Morgan fingerprint density at radius 1 is 1.53 bits per heavy atom. The van der Waals surface area contributed by atoms with E-state index < -0.39 is 0 Å². The zero-order valence-corrected chi connectivity index (χ0v) is 8.69. The third-order valence-corrected chi connectivity index (χ3v) is 1.97. The van der Waals surface area contributed by atoms with Crippen LogP contribution in [0.1, 0.15) is 12.0 Å². The van der Waals surface area contributed by atoms with Gasteiger partial charge in [-0.2, -0.15) is 0 Å². The van der Waals surface area contributed by atoms with Gasteiger partial charge in [-0.3, -0.25) is 4.79 Å². The van der Waals surface area contributed by atoms with E-state index in [0.717, 1.165) is 5.56 Å². The van der Waals surface area contributed by atoms with Gasteiger partial charge in [0.05, 0.1) is 13.5 Å². The summed E-state index contributed by atoms with van der Waals surface area (Å²) < 4.78 is 4.50. The van der Waals surface area contributed by atoms with E-state index in [4.69, 9.17) is 0 Å². The summed E-state index contributed by atoms with van der Waals surface area (Å²) in [5.41, 5.74) is 0.986. The molecule has 0 aliphatic carbocycles. The summed E-state index contributed by atoms with van der Waals surface area (Å²) >= 11 is 0. The average Bonchev–Trinajstić information content (AvgIpc) is 2.24. The number of hydrogen-bond donors (Lipinski definition) is 2. The maximum absolute atomic E-state index is 10.8. The molecule has 0 spiro atoms. The minimum absolute atomic E-state index is 0.224. The molecule has 0 aliphatic rings. The molecule has 1 rings (SSSR count). The van der Waals surface area contributed by atoms with Gasteiger partial charge in [0, 0.05) is 13.1 Å². The fourth-order valence-electron chi connectivity index (χ4n) is 1.19. The summed E-state index contributed by atoms with van der Waals surface area (Å²) in [6, 6.07) is 7.00. The number of carbonyl (C=O) groups excluding carboxylic acids is 1. The third kappa shape index (κ3) is 4.46. The van der Waals surface area contributed by atoms with Crippen LogP contribution in [0.4, 0.5) is 0 Å². The largest absolute Gasteiger partial charge is 0.508 e. The van der Waals surface area contributed by atoms with Crippen molar-refractivity contribution < 1.29 is 14.6 Å². The van der Waals surface area contributed by atoms with Gasteiger partial charge in [0.25, 0.3) is 0 Å². The molecule has 4 nitrogen and oxygen atoms in total. The number of esters is 1. The second-order valence-corrected chi connectivity index (χ2v) is 3.17. The molecule has 0 aliphatic heterocycles. The smallest absolute Gasteiger partial charge is 0.306 e. The predicted octanol–water partition coefficient (Wildman–Crippen LogP) is 1.04. The molecule has 0 amide bonds. The van der Waals surface area contributed by atoms with Crippen molar-refractivity contribution in [3.05, 3.63) is 29.8 Å². The van der Waals surface area contributed by atoms with Crippen molar-refractivity contribution in [3.63, 3.8) is 0 Å². The van der Waals surface area contributed by atoms with E-state index in [1.807, 2.05) is 6.07 Å². The highest BCUT2D eigenvalue weighted by atomic mass is 16.5. The number of aromatic hydroxyl groups is 1. The van der Waals surface area contributed by atoms with Crippen LogP contribution in [-0.2, 0) is 16.1 Å². The number of benzene rings is 1. The van der Waals surface area contributed by atoms with E-state index in [0.29, 0.717) is 19.5 Å². The van der Waals surface area contributed by atoms with Gasteiger partial charge in [0.2, 0.25) is 0 Å². The zero-order valence-electron chi connectivity index (χ0n) is 8.69. The van der Waals surface area contributed by atoms with E-state index >= 15 is 0 Å². The standard InChI is InChI=1S/C11H15NO3/c1-15-11(14)5-6-12-8-9-3-2-4-10(13)7-9/h2-4,7,12-13H,5-6,8H2,1H3. The normalized spacial score (nSPS) is 9.93. The molecule has 0 unspecified atom stereocenters. The van der Waals surface area contributed by atoms with Crippen LogP contribution in [0.3, 0.4) is 0 Å². The van der Waals surface area contributed by atoms with E-state index in [9.17, 15) is 9.90 Å². The third-order valence-electron chi connectivity index (χ3n) is 1.97. The molecule has 0 atom stereocenters. The van der Waals surface area contributed by atoms with Crippen LogP contribution in [-0.4, -0.2) is 24.7 Å². The van der Waals surface area contributed by atoms with Crippen molar-refractivity contribution in [2.45, 2.75) is 13.0 Å². The van der Waals surface area contributed by atoms with Gasteiger partial charge in [0.15, 0.2) is 0 Å². The summed E-state index contributed by atoms with van der Waals surface area (Å²) in [5, 5.41) is 12.3. The summed E-state index contributed by atoms with van der Waals surface area (Å²) in [6.45, 7) is 1.20. The SMILES string of the molecule is COC(=O)CCNCc1cccc(O)c1. The first kappa shape index (κ1) is 11.5. The number of carbonyl (C=O) groups is 1. The molecule has 0 heterocycles. The molecule has 0 fully saturated rings. The number of methoxy groups -OCH3 is 1. The lowest BCUT2D eigenvalue weighted by Gasteiger charge is -2.04. The first-order chi connectivity index (χ1) is 7.22. The number of phenolic OH excluding ortho intramolecular Hbond substituents is 1. The van der Waals surface area contributed by atoms with Gasteiger partial charge < -0.3 is 15.2 Å². The lowest BCUT2D eigenvalue weighted by molar-refractivity contribution is -0.140. The lowest BCUT2D eigenvalue weighted by Crippen LogP contribution is -2.18. The van der Waals surface area contributed by atoms with Crippen molar-refractivity contribution in [1.82, 2.24) is 5.32 Å². The van der Waals surface area contributed by atoms with E-state index in [-0.39, 0.29) is 11.7 Å². The van der Waals surface area contributed by atoms with Crippen LogP contribution < -0.4 is 5.32 Å². The second kappa shape index (κ2) is 6.03. The van der Waals surface area contributed by atoms with Crippen molar-refractivity contribution in [2.75, 3.05) is 13.7 Å². The van der Waals surface area contributed by atoms with E-state index in [1.54, 1.807) is 18.2 Å². The molecule has 0 saturated heterocycles. The minimum Gasteiger partial charge on any atom is -0.508 e. The fourth-order valence-corrected chi connectivity index (χ4v) is 1.19. The summed E-state index contributed by atoms with van der Waals surface area (Å²) in [6.07, 6.45) is 0.356. The first-order valence-corrected chi connectivity index (χ1v) is 4.78. The quantitative estimate of drug-likeness (QED) is 0.562. The van der Waals surface area contributed by atoms with Crippen molar-refractivity contribution >= 4 is 5.97 Å². The Balaban J connectivity index is 2.23. The lowest BCUT2D eigenvalue weighted by atomic mass is 10.2. The fraction of sp³-hybridized carbons (Fsp3) is 0.364. The van der Waals surface area contributed by atoms with Crippen molar-refractivity contribution in [3.8, 4) is 5.75 Å². The molecular weight excluding hydrogens is 194 g/mol. The van der Waals surface area contributed by atoms with Crippen LogP contribution in [0.25, 0.3) is 0 Å². The molecule has 0 radical (unpaired) electrons. The Morgan fingerprint density at radius 3 is 3.00 bits per heavy atom. The van der Waals surface area contributed by atoms with Gasteiger partial charge >= 0.3 is 5.97 Å². The van der Waals surface area contributed by atoms with Crippen LogP contribution in [0.2, 0.25) is 0 Å². The molecule has 15 heavy (non-hydrogen) atoms. The predicted molar refractivity (Wildman–Crippen MR) is 56.4 cm³/mol. The molecule has 4 heteroatoms. The summed E-state index contributed by atoms with van der Waals surface area (Å²) in [4.78, 5) is 10.8. The Hall–Kier alpha value is -1.55. The zero-order chi connectivity index (χ0) is 11.1. The topological polar surface area (TPSA) is 58.6 Å². The molecule has 1 aromatic carbocycles. The number of rotatable bonds is 5. The Labute approximate surface area is 88.9 Å². The van der Waals surface area contributed by atoms with Gasteiger partial charge in [-0.25, -0.2) is 0 Å². The highest BCUT2D eigenvalue weighted by Crippen LogP contribution is 2.10. The van der Waals surface area contributed by atoms with E-state index in [1.165, 1.54) is 7.11 Å². The molecule has 0 saturated carbocycles. The number of nitrogens with one attached hydrogen (secondary N) is 1. The minimum atomic E-state index is -0.224. The summed E-state index contributed by atoms with van der Waals surface area (Å²) in [7, 11) is 1.37. The van der Waals surface area contributed by atoms with E-state index in [2.05, 4.69) is 10.1 Å².